The summed E-state index contributed by atoms with van der Waals surface area (Å²) < 4.78 is 0. The molecule has 1 heterocycles. The van der Waals surface area contributed by atoms with Gasteiger partial charge >= 0.3 is 0 Å². The molecule has 0 aromatic heterocycles. The van der Waals surface area contributed by atoms with Crippen molar-refractivity contribution in [3.05, 3.63) is 29.8 Å². The molecule has 0 radical (unpaired) electrons. The Hall–Kier alpha value is -1.06. The van der Waals surface area contributed by atoms with Crippen LogP contribution in [0.3, 0.4) is 0 Å². The molecule has 0 saturated carbocycles. The van der Waals surface area contributed by atoms with Gasteiger partial charge in [0.15, 0.2) is 0 Å². The van der Waals surface area contributed by atoms with Crippen LogP contribution in [0.5, 0.6) is 5.75 Å². The highest BCUT2D eigenvalue weighted by Crippen LogP contribution is 2.20. The Morgan fingerprint density at radius 3 is 3.00 bits per heavy atom. The Morgan fingerprint density at radius 2 is 2.27 bits per heavy atom. The van der Waals surface area contributed by atoms with Gasteiger partial charge in [-0.05, 0) is 37.1 Å². The molecule has 3 heteroatoms. The molecule has 1 atom stereocenters. The number of benzene rings is 1. The maximum Gasteiger partial charge on any atom is 0.115 e. The lowest BCUT2D eigenvalue weighted by Gasteiger charge is -2.22. The van der Waals surface area contributed by atoms with Crippen LogP contribution in [0.2, 0.25) is 0 Å². The van der Waals surface area contributed by atoms with Crippen molar-refractivity contribution in [3.63, 3.8) is 0 Å². The third-order valence-corrected chi connectivity index (χ3v) is 3.01. The molecule has 82 valence electrons. The van der Waals surface area contributed by atoms with Gasteiger partial charge in [-0.15, -0.1) is 0 Å². The Morgan fingerprint density at radius 1 is 1.40 bits per heavy atom. The molecule has 3 nitrogen and oxygen atoms in total. The van der Waals surface area contributed by atoms with E-state index in [4.69, 9.17) is 0 Å². The summed E-state index contributed by atoms with van der Waals surface area (Å²) in [6.07, 6.45) is 2.24. The molecular weight excluding hydrogens is 190 g/mol. The SMILES string of the molecule is OC[C@H]1CCCN1Cc1cccc(O)c1. The van der Waals surface area contributed by atoms with Gasteiger partial charge in [-0.3, -0.25) is 4.90 Å². The third-order valence-electron chi connectivity index (χ3n) is 3.01. The second-order valence-electron chi connectivity index (χ2n) is 4.12. The quantitative estimate of drug-likeness (QED) is 0.786. The standard InChI is InChI=1S/C12H17NO2/c14-9-11-4-2-6-13(11)8-10-3-1-5-12(15)7-10/h1,3,5,7,11,14-15H,2,4,6,8-9H2/t11-/m1/s1. The highest BCUT2D eigenvalue weighted by atomic mass is 16.3. The third kappa shape index (κ3) is 2.49. The zero-order chi connectivity index (χ0) is 10.7. The van der Waals surface area contributed by atoms with Crippen molar-refractivity contribution in [2.24, 2.45) is 0 Å². The molecule has 2 N–H and O–H groups in total. The van der Waals surface area contributed by atoms with Crippen LogP contribution in [0.4, 0.5) is 0 Å². The molecule has 0 unspecified atom stereocenters. The van der Waals surface area contributed by atoms with Gasteiger partial charge in [-0.25, -0.2) is 0 Å². The second kappa shape index (κ2) is 4.64. The number of nitrogens with zero attached hydrogens (tertiary/aromatic N) is 1. The monoisotopic (exact) mass is 207 g/mol. The number of hydrogen-bond acceptors (Lipinski definition) is 3. The van der Waals surface area contributed by atoms with Crippen LogP contribution in [0.25, 0.3) is 0 Å². The summed E-state index contributed by atoms with van der Waals surface area (Å²) >= 11 is 0. The molecular formula is C12H17NO2. The second-order valence-corrected chi connectivity index (χ2v) is 4.12. The van der Waals surface area contributed by atoms with E-state index in [2.05, 4.69) is 4.90 Å². The Balaban J connectivity index is 2.02. The molecule has 0 bridgehead atoms. The Labute approximate surface area is 90.0 Å². The van der Waals surface area contributed by atoms with E-state index in [1.165, 1.54) is 0 Å². The molecule has 1 aromatic carbocycles. The normalized spacial score (nSPS) is 22.1. The van der Waals surface area contributed by atoms with Crippen LogP contribution in [0, 0.1) is 0 Å². The molecule has 0 spiro atoms. The number of aromatic hydroxyl groups is 1. The molecule has 1 saturated heterocycles. The van der Waals surface area contributed by atoms with Crippen LogP contribution < -0.4 is 0 Å². The molecule has 0 amide bonds. The average Bonchev–Trinajstić information content (AvgIpc) is 2.65. The summed E-state index contributed by atoms with van der Waals surface area (Å²) in [7, 11) is 0. The molecule has 2 rings (SSSR count). The fraction of sp³-hybridized carbons (Fsp3) is 0.500. The topological polar surface area (TPSA) is 43.7 Å². The van der Waals surface area contributed by atoms with Crippen LogP contribution >= 0.6 is 0 Å². The number of rotatable bonds is 3. The van der Waals surface area contributed by atoms with Crippen LogP contribution in [0.1, 0.15) is 18.4 Å². The van der Waals surface area contributed by atoms with E-state index in [0.717, 1.165) is 31.5 Å². The molecule has 1 aromatic rings. The minimum atomic E-state index is 0.235. The van der Waals surface area contributed by atoms with Crippen molar-refractivity contribution in [3.8, 4) is 5.75 Å². The zero-order valence-electron chi connectivity index (χ0n) is 8.76. The predicted octanol–water partition coefficient (Wildman–Crippen LogP) is 1.35. The number of hydrogen-bond donors (Lipinski definition) is 2. The number of aliphatic hydroxyl groups excluding tert-OH is 1. The number of aliphatic hydroxyl groups is 1. The minimum Gasteiger partial charge on any atom is -0.508 e. The van der Waals surface area contributed by atoms with Crippen molar-refractivity contribution in [2.75, 3.05) is 13.2 Å². The van der Waals surface area contributed by atoms with Gasteiger partial charge in [0.25, 0.3) is 0 Å². The lowest BCUT2D eigenvalue weighted by atomic mass is 10.2. The lowest BCUT2D eigenvalue weighted by Crippen LogP contribution is -2.31. The van der Waals surface area contributed by atoms with Gasteiger partial charge in [-0.1, -0.05) is 12.1 Å². The average molecular weight is 207 g/mol. The van der Waals surface area contributed by atoms with Crippen molar-refractivity contribution in [1.82, 2.24) is 4.90 Å². The van der Waals surface area contributed by atoms with E-state index in [-0.39, 0.29) is 6.61 Å². The summed E-state index contributed by atoms with van der Waals surface area (Å²) in [5.74, 6) is 0.312. The highest BCUT2D eigenvalue weighted by molar-refractivity contribution is 5.27. The van der Waals surface area contributed by atoms with Crippen molar-refractivity contribution in [2.45, 2.75) is 25.4 Å². The first-order valence-corrected chi connectivity index (χ1v) is 5.42. The van der Waals surface area contributed by atoms with Gasteiger partial charge in [0.2, 0.25) is 0 Å². The maximum atomic E-state index is 9.34. The fourth-order valence-corrected chi connectivity index (χ4v) is 2.20. The van der Waals surface area contributed by atoms with Crippen LogP contribution in [0.15, 0.2) is 24.3 Å². The summed E-state index contributed by atoms with van der Waals surface area (Å²) in [5, 5.41) is 18.5. The fourth-order valence-electron chi connectivity index (χ4n) is 2.20. The molecule has 1 fully saturated rings. The molecule has 1 aliphatic rings. The van der Waals surface area contributed by atoms with E-state index in [9.17, 15) is 10.2 Å². The lowest BCUT2D eigenvalue weighted by molar-refractivity contribution is 0.153. The largest absolute Gasteiger partial charge is 0.508 e. The highest BCUT2D eigenvalue weighted by Gasteiger charge is 2.23. The zero-order valence-corrected chi connectivity index (χ0v) is 8.76. The number of phenols is 1. The predicted molar refractivity (Wildman–Crippen MR) is 58.6 cm³/mol. The Kier molecular flexibility index (Phi) is 3.23. The van der Waals surface area contributed by atoms with Gasteiger partial charge in [0, 0.05) is 12.6 Å². The Bertz CT molecular complexity index is 327. The molecule has 0 aliphatic carbocycles. The maximum absolute atomic E-state index is 9.34. The number of likely N-dealkylation sites (tertiary alicyclic amines) is 1. The molecule has 15 heavy (non-hydrogen) atoms. The molecule has 1 aliphatic heterocycles. The summed E-state index contributed by atoms with van der Waals surface area (Å²) in [4.78, 5) is 2.27. The van der Waals surface area contributed by atoms with Gasteiger partial charge in [0.1, 0.15) is 5.75 Å². The van der Waals surface area contributed by atoms with Crippen LogP contribution in [-0.2, 0) is 6.54 Å². The van der Waals surface area contributed by atoms with E-state index in [0.29, 0.717) is 11.8 Å². The van der Waals surface area contributed by atoms with Gasteiger partial charge in [0.05, 0.1) is 6.61 Å². The van der Waals surface area contributed by atoms with Gasteiger partial charge < -0.3 is 10.2 Å². The first-order valence-electron chi connectivity index (χ1n) is 5.42. The first kappa shape index (κ1) is 10.5. The summed E-state index contributed by atoms with van der Waals surface area (Å²) in [6, 6.07) is 7.62. The van der Waals surface area contributed by atoms with Gasteiger partial charge in [-0.2, -0.15) is 0 Å². The van der Waals surface area contributed by atoms with Crippen molar-refractivity contribution >= 4 is 0 Å². The number of phenolic OH excluding ortho intramolecular Hbond substituents is 1. The van der Waals surface area contributed by atoms with E-state index in [1.807, 2.05) is 12.1 Å². The first-order chi connectivity index (χ1) is 7.29. The summed E-state index contributed by atoms with van der Waals surface area (Å²) in [5.41, 5.74) is 1.11. The van der Waals surface area contributed by atoms with E-state index in [1.54, 1.807) is 12.1 Å². The van der Waals surface area contributed by atoms with Crippen molar-refractivity contribution < 1.29 is 10.2 Å². The van der Waals surface area contributed by atoms with E-state index >= 15 is 0 Å². The smallest absolute Gasteiger partial charge is 0.115 e. The minimum absolute atomic E-state index is 0.235. The van der Waals surface area contributed by atoms with Crippen LogP contribution in [-0.4, -0.2) is 34.3 Å². The van der Waals surface area contributed by atoms with E-state index < -0.39 is 0 Å². The van der Waals surface area contributed by atoms with Crippen molar-refractivity contribution in [1.29, 1.82) is 0 Å². The summed E-state index contributed by atoms with van der Waals surface area (Å²) in [6.45, 7) is 2.10.